The highest BCUT2D eigenvalue weighted by molar-refractivity contribution is 7.47. The first-order chi connectivity index (χ1) is 27.0. The third-order valence-corrected chi connectivity index (χ3v) is 10.7. The molecular formula is C43H77O12P. The number of unbranched alkanes of at least 4 members (excludes halogenated alkanes) is 15. The number of hydrogen-bond donors (Lipinski definition) is 6. The van der Waals surface area contributed by atoms with Gasteiger partial charge in [-0.15, -0.1) is 0 Å². The lowest BCUT2D eigenvalue weighted by Gasteiger charge is -2.41. The third-order valence-electron chi connectivity index (χ3n) is 9.72. The monoisotopic (exact) mass is 817 g/mol. The number of aliphatic hydroxyl groups is 5. The summed E-state index contributed by atoms with van der Waals surface area (Å²) < 4.78 is 34.0. The van der Waals surface area contributed by atoms with Gasteiger partial charge in [-0.2, -0.15) is 0 Å². The minimum atomic E-state index is -5.03. The van der Waals surface area contributed by atoms with Gasteiger partial charge < -0.3 is 39.9 Å². The van der Waals surface area contributed by atoms with E-state index in [9.17, 15) is 39.8 Å². The van der Waals surface area contributed by atoms with E-state index in [0.29, 0.717) is 19.4 Å². The van der Waals surface area contributed by atoms with E-state index in [4.69, 9.17) is 18.5 Å². The average Bonchev–Trinajstić information content (AvgIpc) is 3.18. The number of ether oxygens (including phenoxy) is 2. The van der Waals surface area contributed by atoms with Gasteiger partial charge in [0.1, 0.15) is 42.7 Å². The van der Waals surface area contributed by atoms with Crippen molar-refractivity contribution in [1.82, 2.24) is 0 Å². The summed E-state index contributed by atoms with van der Waals surface area (Å²) in [7, 11) is -5.03. The smallest absolute Gasteiger partial charge is 0.457 e. The van der Waals surface area contributed by atoms with Gasteiger partial charge in [0.25, 0.3) is 0 Å². The Balaban J connectivity index is 2.47. The first-order valence-corrected chi connectivity index (χ1v) is 23.0. The minimum Gasteiger partial charge on any atom is -0.457 e. The van der Waals surface area contributed by atoms with Gasteiger partial charge in [-0.3, -0.25) is 13.8 Å². The second-order valence-corrected chi connectivity index (χ2v) is 16.2. The van der Waals surface area contributed by atoms with Crippen molar-refractivity contribution >= 4 is 13.8 Å². The summed E-state index contributed by atoms with van der Waals surface area (Å²) in [6.07, 6.45) is 27.7. The normalized spacial score (nSPS) is 23.5. The molecule has 0 bridgehead atoms. The molecule has 1 aliphatic carbocycles. The van der Waals surface area contributed by atoms with Gasteiger partial charge in [0.05, 0.1) is 13.2 Å². The third kappa shape index (κ3) is 26.3. The Labute approximate surface area is 337 Å². The molecule has 0 aromatic rings. The number of carbonyl (C=O) groups excluding carboxylic acids is 1. The topological polar surface area (TPSA) is 192 Å². The Morgan fingerprint density at radius 3 is 1.54 bits per heavy atom. The van der Waals surface area contributed by atoms with Crippen molar-refractivity contribution in [1.29, 1.82) is 0 Å². The summed E-state index contributed by atoms with van der Waals surface area (Å²) in [5.41, 5.74) is 0. The lowest BCUT2D eigenvalue weighted by atomic mass is 9.85. The van der Waals surface area contributed by atoms with E-state index in [2.05, 4.69) is 62.5 Å². The van der Waals surface area contributed by atoms with E-state index in [0.717, 1.165) is 51.4 Å². The molecule has 13 heteroatoms. The number of phosphoric ester groups is 1. The van der Waals surface area contributed by atoms with E-state index < -0.39 is 63.1 Å². The van der Waals surface area contributed by atoms with E-state index in [-0.39, 0.29) is 13.0 Å². The molecule has 1 saturated carbocycles. The lowest BCUT2D eigenvalue weighted by Crippen LogP contribution is -2.64. The van der Waals surface area contributed by atoms with Crippen LogP contribution in [0, 0.1) is 0 Å². The van der Waals surface area contributed by atoms with Crippen LogP contribution in [0.15, 0.2) is 48.6 Å². The second-order valence-electron chi connectivity index (χ2n) is 14.8. The quantitative estimate of drug-likeness (QED) is 0.0156. The molecule has 1 aliphatic rings. The molecule has 6 N–H and O–H groups in total. The van der Waals surface area contributed by atoms with Crippen molar-refractivity contribution in [2.24, 2.45) is 0 Å². The molecule has 0 aliphatic heterocycles. The number of rotatable bonds is 35. The molecule has 1 fully saturated rings. The molecule has 0 saturated heterocycles. The van der Waals surface area contributed by atoms with Crippen LogP contribution in [0.5, 0.6) is 0 Å². The molecule has 0 spiro atoms. The van der Waals surface area contributed by atoms with Gasteiger partial charge >= 0.3 is 13.8 Å². The Morgan fingerprint density at radius 2 is 1.04 bits per heavy atom. The largest absolute Gasteiger partial charge is 0.472 e. The molecule has 12 nitrogen and oxygen atoms in total. The second kappa shape index (κ2) is 34.2. The van der Waals surface area contributed by atoms with Crippen LogP contribution in [0.1, 0.15) is 155 Å². The maximum atomic E-state index is 12.8. The minimum absolute atomic E-state index is 0.114. The number of carbonyl (C=O) groups is 1. The average molecular weight is 817 g/mol. The maximum Gasteiger partial charge on any atom is 0.472 e. The van der Waals surface area contributed by atoms with E-state index in [1.807, 2.05) is 0 Å². The predicted octanol–water partition coefficient (Wildman–Crippen LogP) is 8.08. The molecule has 0 amide bonds. The molecule has 1 rings (SSSR count). The molecule has 56 heavy (non-hydrogen) atoms. The zero-order chi connectivity index (χ0) is 41.3. The van der Waals surface area contributed by atoms with Crippen LogP contribution in [-0.2, 0) is 27.9 Å². The van der Waals surface area contributed by atoms with Crippen LogP contribution in [0.3, 0.4) is 0 Å². The molecular weight excluding hydrogens is 739 g/mol. The maximum absolute atomic E-state index is 12.8. The SMILES string of the molecule is CC/C=C\C/C=C\C/C=C\C/C=C\CCCOCC(COP(=O)(O)OC1C(O)C(O)C(O)C(O)C1O)OC(=O)CCCCCCCCCCCCCCCCC. The zero-order valence-electron chi connectivity index (χ0n) is 34.4. The Bertz CT molecular complexity index is 1110. The van der Waals surface area contributed by atoms with Gasteiger partial charge in [-0.1, -0.05) is 152 Å². The van der Waals surface area contributed by atoms with E-state index in [1.54, 1.807) is 0 Å². The number of phosphoric acid groups is 1. The first kappa shape index (κ1) is 52.3. The van der Waals surface area contributed by atoms with Crippen LogP contribution >= 0.6 is 7.82 Å². The summed E-state index contributed by atoms with van der Waals surface area (Å²) in [6.45, 7) is 3.99. The van der Waals surface area contributed by atoms with Crippen LogP contribution < -0.4 is 0 Å². The van der Waals surface area contributed by atoms with Crippen LogP contribution in [0.25, 0.3) is 0 Å². The standard InChI is InChI=1S/C43H77O12P/c1-3-5-7-9-11-13-15-17-19-20-22-24-26-28-30-32-37(44)54-36(34-52-33-31-29-27-25-23-21-18-16-14-12-10-8-6-4-2)35-53-56(50,51)55-43-41(48)39(46)38(45)40(47)42(43)49/h6,8,12,14,18,21,25,27,36,38-43,45-49H,3-5,7,9-11,13,15-17,19-20,22-24,26,28-35H2,1-2H3,(H,50,51)/b8-6-,14-12-,21-18-,27-25-. The Kier molecular flexibility index (Phi) is 31.9. The van der Waals surface area contributed by atoms with E-state index in [1.165, 1.54) is 70.6 Å². The highest BCUT2D eigenvalue weighted by Crippen LogP contribution is 2.47. The van der Waals surface area contributed by atoms with Crippen molar-refractivity contribution < 1.29 is 58.3 Å². The van der Waals surface area contributed by atoms with Crippen molar-refractivity contribution in [3.63, 3.8) is 0 Å². The summed E-state index contributed by atoms with van der Waals surface area (Å²) in [5.74, 6) is -0.497. The van der Waals surface area contributed by atoms with Crippen LogP contribution in [-0.4, -0.2) is 98.9 Å². The van der Waals surface area contributed by atoms with Crippen molar-refractivity contribution in [2.75, 3.05) is 19.8 Å². The van der Waals surface area contributed by atoms with Gasteiger partial charge in [-0.05, 0) is 44.9 Å². The molecule has 0 aromatic heterocycles. The van der Waals surface area contributed by atoms with Gasteiger partial charge in [0.2, 0.25) is 0 Å². The van der Waals surface area contributed by atoms with Crippen molar-refractivity contribution in [3.8, 4) is 0 Å². The summed E-state index contributed by atoms with van der Waals surface area (Å²) >= 11 is 0. The zero-order valence-corrected chi connectivity index (χ0v) is 35.3. The van der Waals surface area contributed by atoms with Crippen molar-refractivity contribution in [3.05, 3.63) is 48.6 Å². The molecule has 0 radical (unpaired) electrons. The molecule has 0 heterocycles. The number of allylic oxidation sites excluding steroid dienone is 8. The fourth-order valence-electron chi connectivity index (χ4n) is 6.30. The van der Waals surface area contributed by atoms with Crippen LogP contribution in [0.2, 0.25) is 0 Å². The molecule has 326 valence electrons. The summed E-state index contributed by atoms with van der Waals surface area (Å²) in [5, 5.41) is 50.1. The van der Waals surface area contributed by atoms with Crippen molar-refractivity contribution in [2.45, 2.75) is 198 Å². The van der Waals surface area contributed by atoms with Gasteiger partial charge in [0, 0.05) is 13.0 Å². The fourth-order valence-corrected chi connectivity index (χ4v) is 7.27. The lowest BCUT2D eigenvalue weighted by molar-refractivity contribution is -0.220. The molecule has 6 unspecified atom stereocenters. The summed E-state index contributed by atoms with van der Waals surface area (Å²) in [6, 6.07) is 0. The number of esters is 1. The predicted molar refractivity (Wildman–Crippen MR) is 221 cm³/mol. The first-order valence-electron chi connectivity index (χ1n) is 21.5. The Morgan fingerprint density at radius 1 is 0.589 bits per heavy atom. The highest BCUT2D eigenvalue weighted by atomic mass is 31.2. The number of aliphatic hydroxyl groups excluding tert-OH is 5. The number of hydrogen-bond acceptors (Lipinski definition) is 11. The van der Waals surface area contributed by atoms with E-state index >= 15 is 0 Å². The highest BCUT2D eigenvalue weighted by Gasteiger charge is 2.51. The molecule has 6 atom stereocenters. The van der Waals surface area contributed by atoms with Gasteiger partial charge in [-0.25, -0.2) is 4.57 Å². The Hall–Kier alpha value is -1.70. The molecule has 0 aromatic carbocycles. The van der Waals surface area contributed by atoms with Gasteiger partial charge in [0.15, 0.2) is 0 Å². The summed E-state index contributed by atoms with van der Waals surface area (Å²) in [4.78, 5) is 23.1. The fraction of sp³-hybridized carbons (Fsp3) is 0.791. The van der Waals surface area contributed by atoms with Crippen LogP contribution in [0.4, 0.5) is 0 Å².